The van der Waals surface area contributed by atoms with Gasteiger partial charge in [0.2, 0.25) is 0 Å². The number of ether oxygens (including phenoxy) is 1. The highest BCUT2D eigenvalue weighted by Gasteiger charge is 2.07. The normalized spacial score (nSPS) is 10.5. The minimum Gasteiger partial charge on any atom is -0.461 e. The third kappa shape index (κ3) is 2.65. The summed E-state index contributed by atoms with van der Waals surface area (Å²) in [6, 6.07) is 6.19. The third-order valence-electron chi connectivity index (χ3n) is 2.22. The SMILES string of the molecule is CC(=O)OCc1cc(=O)oc2ccc(Cl)cc12. The lowest BCUT2D eigenvalue weighted by molar-refractivity contribution is -0.142. The van der Waals surface area contributed by atoms with Gasteiger partial charge in [0.05, 0.1) is 0 Å². The first-order chi connectivity index (χ1) is 8.06. The van der Waals surface area contributed by atoms with E-state index in [1.54, 1.807) is 18.2 Å². The van der Waals surface area contributed by atoms with Gasteiger partial charge >= 0.3 is 11.6 Å². The first-order valence-corrected chi connectivity index (χ1v) is 5.30. The fraction of sp³-hybridized carbons (Fsp3) is 0.167. The van der Waals surface area contributed by atoms with Crippen LogP contribution in [0.5, 0.6) is 0 Å². The van der Waals surface area contributed by atoms with Crippen LogP contribution in [0.4, 0.5) is 0 Å². The Kier molecular flexibility index (Phi) is 3.15. The molecule has 17 heavy (non-hydrogen) atoms. The average Bonchev–Trinajstić information content (AvgIpc) is 2.26. The van der Waals surface area contributed by atoms with E-state index < -0.39 is 11.6 Å². The molecule has 0 N–H and O–H groups in total. The topological polar surface area (TPSA) is 56.5 Å². The van der Waals surface area contributed by atoms with E-state index in [0.29, 0.717) is 21.6 Å². The minimum atomic E-state index is -0.484. The van der Waals surface area contributed by atoms with Gasteiger partial charge in [-0.1, -0.05) is 11.6 Å². The summed E-state index contributed by atoms with van der Waals surface area (Å²) in [6.07, 6.45) is 0. The van der Waals surface area contributed by atoms with Gasteiger partial charge in [-0.15, -0.1) is 0 Å². The smallest absolute Gasteiger partial charge is 0.336 e. The summed E-state index contributed by atoms with van der Waals surface area (Å²) in [6.45, 7) is 1.33. The standard InChI is InChI=1S/C12H9ClO4/c1-7(14)16-6-8-4-12(15)17-11-3-2-9(13)5-10(8)11/h2-5H,6H2,1H3. The number of carbonyl (C=O) groups is 1. The van der Waals surface area contributed by atoms with Gasteiger partial charge in [-0.05, 0) is 18.2 Å². The largest absolute Gasteiger partial charge is 0.461 e. The van der Waals surface area contributed by atoms with E-state index in [1.165, 1.54) is 13.0 Å². The van der Waals surface area contributed by atoms with Crippen molar-refractivity contribution in [2.75, 3.05) is 0 Å². The van der Waals surface area contributed by atoms with Crippen LogP contribution >= 0.6 is 11.6 Å². The molecule has 0 spiro atoms. The Morgan fingerprint density at radius 2 is 2.18 bits per heavy atom. The van der Waals surface area contributed by atoms with Gasteiger partial charge in [-0.2, -0.15) is 0 Å². The van der Waals surface area contributed by atoms with Crippen molar-refractivity contribution < 1.29 is 13.9 Å². The van der Waals surface area contributed by atoms with Crippen molar-refractivity contribution in [2.45, 2.75) is 13.5 Å². The molecule has 0 radical (unpaired) electrons. The first kappa shape index (κ1) is 11.7. The molecule has 2 aromatic rings. The van der Waals surface area contributed by atoms with Crippen LogP contribution in [0.3, 0.4) is 0 Å². The van der Waals surface area contributed by atoms with Gasteiger partial charge in [-0.3, -0.25) is 4.79 Å². The van der Waals surface area contributed by atoms with E-state index in [0.717, 1.165) is 0 Å². The highest BCUT2D eigenvalue weighted by Crippen LogP contribution is 2.21. The Morgan fingerprint density at radius 1 is 1.41 bits per heavy atom. The number of halogens is 1. The Labute approximate surface area is 102 Å². The fourth-order valence-electron chi connectivity index (χ4n) is 1.50. The van der Waals surface area contributed by atoms with E-state index in [-0.39, 0.29) is 6.61 Å². The zero-order chi connectivity index (χ0) is 12.4. The van der Waals surface area contributed by atoms with Crippen LogP contribution in [0.1, 0.15) is 12.5 Å². The molecule has 4 nitrogen and oxygen atoms in total. The molecule has 0 fully saturated rings. The second-order valence-corrected chi connectivity index (χ2v) is 3.95. The number of benzene rings is 1. The number of hydrogen-bond acceptors (Lipinski definition) is 4. The maximum atomic E-state index is 11.3. The summed E-state index contributed by atoms with van der Waals surface area (Å²) >= 11 is 5.87. The Hall–Kier alpha value is -1.81. The molecular weight excluding hydrogens is 244 g/mol. The lowest BCUT2D eigenvalue weighted by atomic mass is 10.1. The average molecular weight is 253 g/mol. The van der Waals surface area contributed by atoms with E-state index >= 15 is 0 Å². The molecular formula is C12H9ClO4. The van der Waals surface area contributed by atoms with E-state index in [4.69, 9.17) is 20.8 Å². The highest BCUT2D eigenvalue weighted by molar-refractivity contribution is 6.31. The molecule has 0 atom stereocenters. The molecule has 0 saturated heterocycles. The number of fused-ring (bicyclic) bond motifs is 1. The van der Waals surface area contributed by atoms with Gasteiger partial charge < -0.3 is 9.15 Å². The lowest BCUT2D eigenvalue weighted by Gasteiger charge is -2.05. The number of esters is 1. The number of rotatable bonds is 2. The monoisotopic (exact) mass is 252 g/mol. The molecule has 0 bridgehead atoms. The zero-order valence-electron chi connectivity index (χ0n) is 9.03. The van der Waals surface area contributed by atoms with Gasteiger partial charge in [0.1, 0.15) is 12.2 Å². The van der Waals surface area contributed by atoms with Gasteiger partial charge in [0.25, 0.3) is 0 Å². The van der Waals surface area contributed by atoms with Crippen molar-refractivity contribution in [3.8, 4) is 0 Å². The van der Waals surface area contributed by atoms with Crippen molar-refractivity contribution in [1.29, 1.82) is 0 Å². The summed E-state index contributed by atoms with van der Waals surface area (Å²) in [5.41, 5.74) is 0.514. The highest BCUT2D eigenvalue weighted by atomic mass is 35.5. The molecule has 5 heteroatoms. The van der Waals surface area contributed by atoms with Crippen molar-refractivity contribution in [3.05, 3.63) is 45.3 Å². The molecule has 1 aromatic carbocycles. The lowest BCUT2D eigenvalue weighted by Crippen LogP contribution is -2.04. The van der Waals surface area contributed by atoms with Crippen molar-refractivity contribution >= 4 is 28.5 Å². The Morgan fingerprint density at radius 3 is 2.88 bits per heavy atom. The summed E-state index contributed by atoms with van der Waals surface area (Å²) in [4.78, 5) is 22.0. The summed E-state index contributed by atoms with van der Waals surface area (Å²) in [5.74, 6) is -0.409. The fourth-order valence-corrected chi connectivity index (χ4v) is 1.67. The zero-order valence-corrected chi connectivity index (χ0v) is 9.78. The molecule has 0 amide bonds. The summed E-state index contributed by atoms with van der Waals surface area (Å²) in [7, 11) is 0. The molecule has 2 rings (SSSR count). The van der Waals surface area contributed by atoms with E-state index in [1.807, 2.05) is 0 Å². The molecule has 0 aliphatic carbocycles. The summed E-state index contributed by atoms with van der Waals surface area (Å²) in [5, 5.41) is 1.19. The van der Waals surface area contributed by atoms with Crippen LogP contribution in [-0.2, 0) is 16.1 Å². The van der Waals surface area contributed by atoms with Crippen molar-refractivity contribution in [3.63, 3.8) is 0 Å². The molecule has 0 unspecified atom stereocenters. The van der Waals surface area contributed by atoms with Crippen LogP contribution in [0.2, 0.25) is 5.02 Å². The maximum Gasteiger partial charge on any atom is 0.336 e. The van der Waals surface area contributed by atoms with E-state index in [9.17, 15) is 9.59 Å². The predicted octanol–water partition coefficient (Wildman–Crippen LogP) is 2.51. The maximum absolute atomic E-state index is 11.3. The van der Waals surface area contributed by atoms with Gasteiger partial charge in [0, 0.05) is 29.0 Å². The summed E-state index contributed by atoms with van der Waals surface area (Å²) < 4.78 is 9.88. The van der Waals surface area contributed by atoms with Crippen LogP contribution in [0, 0.1) is 0 Å². The van der Waals surface area contributed by atoms with Crippen LogP contribution in [0.25, 0.3) is 11.0 Å². The molecule has 0 aliphatic heterocycles. The van der Waals surface area contributed by atoms with Crippen LogP contribution in [-0.4, -0.2) is 5.97 Å². The molecule has 1 aromatic heterocycles. The van der Waals surface area contributed by atoms with E-state index in [2.05, 4.69) is 0 Å². The van der Waals surface area contributed by atoms with Gasteiger partial charge in [-0.25, -0.2) is 4.79 Å². The number of carbonyl (C=O) groups excluding carboxylic acids is 1. The van der Waals surface area contributed by atoms with Crippen molar-refractivity contribution in [1.82, 2.24) is 0 Å². The molecule has 1 heterocycles. The second kappa shape index (κ2) is 4.59. The predicted molar refractivity (Wildman–Crippen MR) is 63.0 cm³/mol. The molecule has 88 valence electrons. The Bertz CT molecular complexity index is 630. The first-order valence-electron chi connectivity index (χ1n) is 4.92. The Balaban J connectivity index is 2.55. The van der Waals surface area contributed by atoms with Crippen LogP contribution in [0.15, 0.2) is 33.5 Å². The van der Waals surface area contributed by atoms with Crippen molar-refractivity contribution in [2.24, 2.45) is 0 Å². The molecule has 0 aliphatic rings. The molecule has 0 saturated carbocycles. The number of hydrogen-bond donors (Lipinski definition) is 0. The van der Waals surface area contributed by atoms with Crippen LogP contribution < -0.4 is 5.63 Å². The minimum absolute atomic E-state index is 0.0256. The van der Waals surface area contributed by atoms with Gasteiger partial charge in [0.15, 0.2) is 0 Å². The quantitative estimate of drug-likeness (QED) is 0.609. The second-order valence-electron chi connectivity index (χ2n) is 3.51. The third-order valence-corrected chi connectivity index (χ3v) is 2.46.